The van der Waals surface area contributed by atoms with Crippen LogP contribution in [0.2, 0.25) is 0 Å². The molecular weight excluding hydrogens is 361 g/mol. The van der Waals surface area contributed by atoms with Gasteiger partial charge in [-0.15, -0.1) is 24.0 Å². The third kappa shape index (κ3) is 7.31. The zero-order chi connectivity index (χ0) is 13.4. The highest BCUT2D eigenvalue weighted by Crippen LogP contribution is 2.09. The molecule has 3 N–H and O–H groups in total. The highest BCUT2D eigenvalue weighted by molar-refractivity contribution is 14.0. The number of aromatic nitrogens is 2. The molecule has 0 spiro atoms. The maximum Gasteiger partial charge on any atom is 0.228 e. The molecule has 0 radical (unpaired) electrons. The molecule has 0 aliphatic heterocycles. The summed E-state index contributed by atoms with van der Waals surface area (Å²) >= 11 is 0. The molecule has 1 rings (SSSR count). The zero-order valence-corrected chi connectivity index (χ0v) is 13.9. The second kappa shape index (κ2) is 9.96. The molecule has 0 bridgehead atoms. The summed E-state index contributed by atoms with van der Waals surface area (Å²) in [7, 11) is 1.63. The van der Waals surface area contributed by atoms with Crippen molar-refractivity contribution in [2.45, 2.75) is 26.2 Å². The van der Waals surface area contributed by atoms with Crippen LogP contribution in [0, 0.1) is 0 Å². The highest BCUT2D eigenvalue weighted by atomic mass is 127. The molecule has 0 saturated carbocycles. The fourth-order valence-electron chi connectivity index (χ4n) is 1.21. The number of nitrogens with one attached hydrogen (secondary N) is 1. The average Bonchev–Trinajstić information content (AvgIpc) is 2.78. The van der Waals surface area contributed by atoms with E-state index in [0.29, 0.717) is 38.0 Å². The van der Waals surface area contributed by atoms with Gasteiger partial charge in [-0.25, -0.2) is 0 Å². The predicted molar refractivity (Wildman–Crippen MR) is 83.9 cm³/mol. The van der Waals surface area contributed by atoms with Gasteiger partial charge >= 0.3 is 0 Å². The summed E-state index contributed by atoms with van der Waals surface area (Å²) in [6.45, 7) is 5.76. The van der Waals surface area contributed by atoms with Gasteiger partial charge in [0.25, 0.3) is 0 Å². The van der Waals surface area contributed by atoms with Crippen LogP contribution in [0.1, 0.15) is 31.5 Å². The Bertz CT molecular complexity index is 381. The minimum atomic E-state index is 0. The third-order valence-corrected chi connectivity index (χ3v) is 2.22. The first kappa shape index (κ1) is 18.1. The lowest BCUT2D eigenvalue weighted by molar-refractivity contribution is 0.208. The Kier molecular flexibility index (Phi) is 9.48. The van der Waals surface area contributed by atoms with E-state index in [1.165, 1.54) is 0 Å². The monoisotopic (exact) mass is 383 g/mol. The molecular formula is C11H22IN5O2. The highest BCUT2D eigenvalue weighted by Gasteiger charge is 2.08. The molecule has 0 saturated heterocycles. The number of hydrogen-bond acceptors (Lipinski definition) is 5. The molecule has 0 aromatic carbocycles. The molecule has 1 aromatic heterocycles. The van der Waals surface area contributed by atoms with E-state index in [0.717, 1.165) is 5.82 Å². The van der Waals surface area contributed by atoms with Crippen LogP contribution in [0.5, 0.6) is 0 Å². The van der Waals surface area contributed by atoms with Crippen molar-refractivity contribution in [3.63, 3.8) is 0 Å². The molecule has 0 fully saturated rings. The summed E-state index contributed by atoms with van der Waals surface area (Å²) in [4.78, 5) is 8.33. The fourth-order valence-corrected chi connectivity index (χ4v) is 1.21. The summed E-state index contributed by atoms with van der Waals surface area (Å²) in [6, 6.07) is 0. The Morgan fingerprint density at radius 1 is 1.53 bits per heavy atom. The van der Waals surface area contributed by atoms with Crippen molar-refractivity contribution < 1.29 is 9.26 Å². The van der Waals surface area contributed by atoms with Crippen molar-refractivity contribution in [2.75, 3.05) is 26.8 Å². The summed E-state index contributed by atoms with van der Waals surface area (Å²) in [5.74, 6) is 2.01. The number of aliphatic imine (C=N–C) groups is 1. The molecule has 1 heterocycles. The van der Waals surface area contributed by atoms with Gasteiger partial charge in [-0.2, -0.15) is 4.98 Å². The minimum absolute atomic E-state index is 0. The lowest BCUT2D eigenvalue weighted by atomic mass is 10.2. The van der Waals surface area contributed by atoms with E-state index in [1.807, 2.05) is 13.8 Å². The van der Waals surface area contributed by atoms with Crippen molar-refractivity contribution >= 4 is 29.9 Å². The van der Waals surface area contributed by atoms with E-state index in [-0.39, 0.29) is 29.9 Å². The van der Waals surface area contributed by atoms with E-state index >= 15 is 0 Å². The van der Waals surface area contributed by atoms with Crippen molar-refractivity contribution in [1.29, 1.82) is 0 Å². The van der Waals surface area contributed by atoms with Crippen molar-refractivity contribution in [3.8, 4) is 0 Å². The van der Waals surface area contributed by atoms with Gasteiger partial charge < -0.3 is 20.3 Å². The Balaban J connectivity index is 0.00000324. The lowest BCUT2D eigenvalue weighted by Gasteiger charge is -2.03. The average molecular weight is 383 g/mol. The lowest BCUT2D eigenvalue weighted by Crippen LogP contribution is -2.33. The third-order valence-electron chi connectivity index (χ3n) is 2.22. The largest absolute Gasteiger partial charge is 0.383 e. The smallest absolute Gasteiger partial charge is 0.228 e. The van der Waals surface area contributed by atoms with Crippen molar-refractivity contribution in [2.24, 2.45) is 10.7 Å². The topological polar surface area (TPSA) is 98.6 Å². The number of hydrogen-bond donors (Lipinski definition) is 2. The second-order valence-corrected chi connectivity index (χ2v) is 4.14. The first-order valence-corrected chi connectivity index (χ1v) is 5.98. The number of nitrogens with zero attached hydrogens (tertiary/aromatic N) is 3. The summed E-state index contributed by atoms with van der Waals surface area (Å²) in [6.07, 6.45) is 0.625. The van der Waals surface area contributed by atoms with Gasteiger partial charge in [0.15, 0.2) is 11.8 Å². The maximum atomic E-state index is 5.65. The molecule has 0 aliphatic carbocycles. The van der Waals surface area contributed by atoms with E-state index in [1.54, 1.807) is 7.11 Å². The van der Waals surface area contributed by atoms with Gasteiger partial charge in [-0.3, -0.25) is 4.99 Å². The van der Waals surface area contributed by atoms with E-state index in [9.17, 15) is 0 Å². The second-order valence-electron chi connectivity index (χ2n) is 4.14. The number of ether oxygens (including phenoxy) is 1. The first-order valence-electron chi connectivity index (χ1n) is 5.98. The Hall–Kier alpha value is -0.900. The zero-order valence-electron chi connectivity index (χ0n) is 11.5. The van der Waals surface area contributed by atoms with E-state index < -0.39 is 0 Å². The maximum absolute atomic E-state index is 5.65. The first-order chi connectivity index (χ1) is 8.63. The fraction of sp³-hybridized carbons (Fsp3) is 0.727. The molecule has 0 unspecified atom stereocenters. The standard InChI is InChI=1S/C11H21N5O2.HI/c1-8(2)10-15-9(18-16-10)4-5-13-11(12)14-6-7-17-3;/h8H,4-7H2,1-3H3,(H3,12,13,14);1H. The van der Waals surface area contributed by atoms with Crippen LogP contribution < -0.4 is 11.1 Å². The van der Waals surface area contributed by atoms with Gasteiger partial charge in [-0.05, 0) is 0 Å². The van der Waals surface area contributed by atoms with Gasteiger partial charge in [-0.1, -0.05) is 19.0 Å². The van der Waals surface area contributed by atoms with Crippen molar-refractivity contribution in [3.05, 3.63) is 11.7 Å². The van der Waals surface area contributed by atoms with Gasteiger partial charge in [0, 0.05) is 26.0 Å². The van der Waals surface area contributed by atoms with Gasteiger partial charge in [0.1, 0.15) is 0 Å². The number of guanidine groups is 1. The Labute approximate surface area is 130 Å². The molecule has 110 valence electrons. The van der Waals surface area contributed by atoms with Crippen LogP contribution in [-0.2, 0) is 11.2 Å². The van der Waals surface area contributed by atoms with Crippen LogP contribution in [0.4, 0.5) is 0 Å². The van der Waals surface area contributed by atoms with Gasteiger partial charge in [0.2, 0.25) is 5.89 Å². The number of rotatable bonds is 7. The number of methoxy groups -OCH3 is 1. The van der Waals surface area contributed by atoms with Crippen LogP contribution >= 0.6 is 24.0 Å². The number of halogens is 1. The molecule has 8 heteroatoms. The number of nitrogens with two attached hydrogens (primary N) is 1. The van der Waals surface area contributed by atoms with Crippen LogP contribution in [0.25, 0.3) is 0 Å². The Morgan fingerprint density at radius 2 is 2.26 bits per heavy atom. The molecule has 0 atom stereocenters. The van der Waals surface area contributed by atoms with E-state index in [2.05, 4.69) is 20.4 Å². The predicted octanol–water partition coefficient (Wildman–Crippen LogP) is 0.904. The van der Waals surface area contributed by atoms with Crippen molar-refractivity contribution in [1.82, 2.24) is 15.5 Å². The molecule has 19 heavy (non-hydrogen) atoms. The van der Waals surface area contributed by atoms with E-state index in [4.69, 9.17) is 15.0 Å². The molecule has 0 amide bonds. The summed E-state index contributed by atoms with van der Waals surface area (Å²) in [5, 5.41) is 6.86. The minimum Gasteiger partial charge on any atom is -0.383 e. The molecule has 0 aliphatic rings. The SMILES string of the molecule is COCCN=C(N)NCCc1nc(C(C)C)no1.I. The van der Waals surface area contributed by atoms with Crippen LogP contribution in [0.15, 0.2) is 9.52 Å². The summed E-state index contributed by atoms with van der Waals surface area (Å²) in [5.41, 5.74) is 5.65. The van der Waals surface area contributed by atoms with Crippen LogP contribution in [-0.4, -0.2) is 42.9 Å². The normalized spacial score (nSPS) is 11.5. The molecule has 7 nitrogen and oxygen atoms in total. The van der Waals surface area contributed by atoms with Gasteiger partial charge in [0.05, 0.1) is 13.2 Å². The quantitative estimate of drug-likeness (QED) is 0.314. The Morgan fingerprint density at radius 3 is 2.84 bits per heavy atom. The summed E-state index contributed by atoms with van der Waals surface area (Å²) < 4.78 is 9.97. The van der Waals surface area contributed by atoms with Crippen LogP contribution in [0.3, 0.4) is 0 Å². The molecule has 1 aromatic rings.